The van der Waals surface area contributed by atoms with Gasteiger partial charge >= 0.3 is 0 Å². The number of hydrogen-bond donors (Lipinski definition) is 2. The van der Waals surface area contributed by atoms with Crippen molar-refractivity contribution >= 4 is 17.5 Å². The number of hydrogen-bond acceptors (Lipinski definition) is 2. The minimum absolute atomic E-state index is 0.0862. The Morgan fingerprint density at radius 2 is 2.28 bits per heavy atom. The summed E-state index contributed by atoms with van der Waals surface area (Å²) >= 11 is 6.05. The summed E-state index contributed by atoms with van der Waals surface area (Å²) in [5, 5.41) is 0.792. The average Bonchev–Trinajstić information content (AvgIpc) is 2.87. The van der Waals surface area contributed by atoms with E-state index < -0.39 is 0 Å². The Morgan fingerprint density at radius 1 is 1.50 bits per heavy atom. The molecule has 3 rings (SSSR count). The van der Waals surface area contributed by atoms with Gasteiger partial charge < -0.3 is 10.7 Å². The number of anilines is 1. The van der Waals surface area contributed by atoms with Gasteiger partial charge in [-0.05, 0) is 37.0 Å². The molecule has 1 aliphatic rings. The maximum Gasteiger partial charge on any atom is 0.197 e. The zero-order chi connectivity index (χ0) is 12.9. The lowest BCUT2D eigenvalue weighted by Gasteiger charge is -2.10. The number of imidazole rings is 1. The predicted molar refractivity (Wildman–Crippen MR) is 73.9 cm³/mol. The van der Waals surface area contributed by atoms with Gasteiger partial charge in [0.15, 0.2) is 5.95 Å². The highest BCUT2D eigenvalue weighted by Gasteiger charge is 2.54. The first-order valence-electron chi connectivity index (χ1n) is 6.09. The molecule has 1 aliphatic carbocycles. The second kappa shape index (κ2) is 3.75. The normalized spacial score (nSPS) is 26.3. The van der Waals surface area contributed by atoms with Gasteiger partial charge in [0.1, 0.15) is 0 Å². The molecule has 1 fully saturated rings. The number of nitrogens with two attached hydrogens (primary N) is 1. The first kappa shape index (κ1) is 11.6. The quantitative estimate of drug-likeness (QED) is 0.871. The number of H-pyrrole nitrogens is 1. The second-order valence-electron chi connectivity index (χ2n) is 5.32. The molecule has 94 valence electrons. The Morgan fingerprint density at radius 3 is 2.89 bits per heavy atom. The Labute approximate surface area is 111 Å². The molecule has 18 heavy (non-hydrogen) atoms. The highest BCUT2D eigenvalue weighted by atomic mass is 35.5. The van der Waals surface area contributed by atoms with E-state index >= 15 is 0 Å². The van der Waals surface area contributed by atoms with E-state index in [1.165, 1.54) is 5.56 Å². The standard InChI is InChI=1S/C14H16ClN3/c1-8-12(18-13(16)17-8)14(2)7-11(14)9-4-3-5-10(15)6-9/h3-6,11H,7H2,1-2H3,(H3,16,17,18)/t11?,14-/m1/s1. The number of aromatic amines is 1. The first-order chi connectivity index (χ1) is 8.50. The molecular formula is C14H16ClN3. The average molecular weight is 262 g/mol. The van der Waals surface area contributed by atoms with Crippen molar-refractivity contribution < 1.29 is 0 Å². The molecule has 0 saturated heterocycles. The lowest BCUT2D eigenvalue weighted by molar-refractivity contribution is 0.716. The van der Waals surface area contributed by atoms with E-state index in [1.807, 2.05) is 25.1 Å². The monoisotopic (exact) mass is 261 g/mol. The molecule has 2 atom stereocenters. The van der Waals surface area contributed by atoms with Crippen LogP contribution in [0.1, 0.15) is 36.2 Å². The molecular weight excluding hydrogens is 246 g/mol. The lowest BCUT2D eigenvalue weighted by atomic mass is 9.96. The van der Waals surface area contributed by atoms with Crippen molar-refractivity contribution in [2.24, 2.45) is 0 Å². The van der Waals surface area contributed by atoms with Gasteiger partial charge in [-0.25, -0.2) is 4.98 Å². The van der Waals surface area contributed by atoms with Crippen LogP contribution in [0.15, 0.2) is 24.3 Å². The third-order valence-electron chi connectivity index (χ3n) is 3.93. The molecule has 3 N–H and O–H groups in total. The lowest BCUT2D eigenvalue weighted by Crippen LogP contribution is -2.06. The number of rotatable bonds is 2. The van der Waals surface area contributed by atoms with E-state index in [0.717, 1.165) is 22.8 Å². The summed E-state index contributed by atoms with van der Waals surface area (Å²) in [6, 6.07) is 8.08. The van der Waals surface area contributed by atoms with Crippen molar-refractivity contribution in [2.75, 3.05) is 5.73 Å². The van der Waals surface area contributed by atoms with Crippen molar-refractivity contribution in [1.29, 1.82) is 0 Å². The van der Waals surface area contributed by atoms with Crippen LogP contribution < -0.4 is 5.73 Å². The molecule has 3 nitrogen and oxygen atoms in total. The van der Waals surface area contributed by atoms with E-state index in [1.54, 1.807) is 0 Å². The molecule has 1 saturated carbocycles. The summed E-state index contributed by atoms with van der Waals surface area (Å²) in [4.78, 5) is 7.51. The smallest absolute Gasteiger partial charge is 0.197 e. The van der Waals surface area contributed by atoms with E-state index in [9.17, 15) is 0 Å². The summed E-state index contributed by atoms with van der Waals surface area (Å²) in [6.45, 7) is 4.26. The third kappa shape index (κ3) is 1.70. The van der Waals surface area contributed by atoms with Crippen LogP contribution in [0.25, 0.3) is 0 Å². The summed E-state index contributed by atoms with van der Waals surface area (Å²) < 4.78 is 0. The fraction of sp³-hybridized carbons (Fsp3) is 0.357. The van der Waals surface area contributed by atoms with Crippen molar-refractivity contribution in [2.45, 2.75) is 31.6 Å². The fourth-order valence-electron chi connectivity index (χ4n) is 2.88. The van der Waals surface area contributed by atoms with Crippen LogP contribution >= 0.6 is 11.6 Å². The van der Waals surface area contributed by atoms with Crippen LogP contribution in [0, 0.1) is 6.92 Å². The van der Waals surface area contributed by atoms with Crippen LogP contribution in [-0.4, -0.2) is 9.97 Å². The topological polar surface area (TPSA) is 54.7 Å². The van der Waals surface area contributed by atoms with E-state index in [2.05, 4.69) is 23.0 Å². The zero-order valence-corrected chi connectivity index (χ0v) is 11.3. The zero-order valence-electron chi connectivity index (χ0n) is 10.5. The van der Waals surface area contributed by atoms with E-state index in [-0.39, 0.29) is 5.41 Å². The maximum absolute atomic E-state index is 6.05. The number of nitrogen functional groups attached to an aromatic ring is 1. The van der Waals surface area contributed by atoms with Crippen LogP contribution in [0.2, 0.25) is 5.02 Å². The number of aryl methyl sites for hydroxylation is 1. The number of nitrogens with one attached hydrogen (secondary N) is 1. The molecule has 0 spiro atoms. The Kier molecular flexibility index (Phi) is 2.42. The van der Waals surface area contributed by atoms with Gasteiger partial charge in [-0.3, -0.25) is 0 Å². The summed E-state index contributed by atoms with van der Waals surface area (Å²) in [5.74, 6) is 0.984. The Balaban J connectivity index is 1.94. The van der Waals surface area contributed by atoms with Crippen LogP contribution in [0.5, 0.6) is 0 Å². The van der Waals surface area contributed by atoms with Gasteiger partial charge in [-0.15, -0.1) is 0 Å². The molecule has 2 aromatic rings. The minimum Gasteiger partial charge on any atom is -0.369 e. The fourth-order valence-corrected chi connectivity index (χ4v) is 3.07. The van der Waals surface area contributed by atoms with E-state index in [0.29, 0.717) is 11.9 Å². The number of aromatic nitrogens is 2. The molecule has 4 heteroatoms. The van der Waals surface area contributed by atoms with Crippen molar-refractivity contribution in [1.82, 2.24) is 9.97 Å². The van der Waals surface area contributed by atoms with Crippen molar-refractivity contribution in [3.8, 4) is 0 Å². The van der Waals surface area contributed by atoms with Crippen molar-refractivity contribution in [3.63, 3.8) is 0 Å². The van der Waals surface area contributed by atoms with Crippen LogP contribution in [0.3, 0.4) is 0 Å². The summed E-state index contributed by atoms with van der Waals surface area (Å²) in [6.07, 6.45) is 1.10. The van der Waals surface area contributed by atoms with Gasteiger partial charge in [-0.1, -0.05) is 30.7 Å². The minimum atomic E-state index is 0.0862. The first-order valence-corrected chi connectivity index (χ1v) is 6.46. The maximum atomic E-state index is 6.05. The van der Waals surface area contributed by atoms with Crippen LogP contribution in [0.4, 0.5) is 5.95 Å². The molecule has 0 aliphatic heterocycles. The second-order valence-corrected chi connectivity index (χ2v) is 5.76. The highest BCUT2D eigenvalue weighted by molar-refractivity contribution is 6.30. The molecule has 0 bridgehead atoms. The largest absolute Gasteiger partial charge is 0.369 e. The number of halogens is 1. The van der Waals surface area contributed by atoms with Gasteiger partial charge in [0.25, 0.3) is 0 Å². The summed E-state index contributed by atoms with van der Waals surface area (Å²) in [5.41, 5.74) is 9.25. The van der Waals surface area contributed by atoms with Gasteiger partial charge in [-0.2, -0.15) is 0 Å². The molecule has 1 aromatic carbocycles. The van der Waals surface area contributed by atoms with Gasteiger partial charge in [0, 0.05) is 16.1 Å². The van der Waals surface area contributed by atoms with Gasteiger partial charge in [0.2, 0.25) is 0 Å². The van der Waals surface area contributed by atoms with E-state index in [4.69, 9.17) is 17.3 Å². The highest BCUT2D eigenvalue weighted by Crippen LogP contribution is 2.60. The molecule has 1 aromatic heterocycles. The molecule has 1 heterocycles. The van der Waals surface area contributed by atoms with Crippen LogP contribution in [-0.2, 0) is 5.41 Å². The third-order valence-corrected chi connectivity index (χ3v) is 4.17. The van der Waals surface area contributed by atoms with Gasteiger partial charge in [0.05, 0.1) is 5.69 Å². The molecule has 0 radical (unpaired) electrons. The number of benzene rings is 1. The molecule has 0 amide bonds. The SMILES string of the molecule is Cc1[nH]c(N)nc1[C@]1(C)CC1c1cccc(Cl)c1. The predicted octanol–water partition coefficient (Wildman–Crippen LogP) is 3.40. The van der Waals surface area contributed by atoms with Crippen molar-refractivity contribution in [3.05, 3.63) is 46.2 Å². The number of nitrogens with zero attached hydrogens (tertiary/aromatic N) is 1. The molecule has 1 unspecified atom stereocenters. The Bertz CT molecular complexity index is 605. The summed E-state index contributed by atoms with van der Waals surface area (Å²) in [7, 11) is 0. The Hall–Kier alpha value is -1.48.